The summed E-state index contributed by atoms with van der Waals surface area (Å²) >= 11 is 1.64. The van der Waals surface area contributed by atoms with Gasteiger partial charge < -0.3 is 15.0 Å². The zero-order valence-electron chi connectivity index (χ0n) is 13.9. The standard InChI is InChI=1S/C20H20N2O2S/c23-18-11-13-3-1-2-4-14(13)20(18)6-8-22(9-7-20)19(24)16-12-17-15(21-16)5-10-25-17/h1-5,10,12,18,21,23H,6-9,11H2/t18-/m0/s1. The Bertz CT molecular complexity index is 921. The van der Waals surface area contributed by atoms with Gasteiger partial charge in [0, 0.05) is 18.5 Å². The summed E-state index contributed by atoms with van der Waals surface area (Å²) in [5.41, 5.74) is 4.07. The molecule has 5 heteroatoms. The Morgan fingerprint density at radius 3 is 2.84 bits per heavy atom. The SMILES string of the molecule is O=C(c1cc2sccc2[nH]1)N1CCC2(CC1)c1ccccc1C[C@@H]2O. The minimum atomic E-state index is -0.335. The van der Waals surface area contributed by atoms with Gasteiger partial charge in [-0.15, -0.1) is 11.3 Å². The fraction of sp³-hybridized carbons (Fsp3) is 0.350. The first-order valence-electron chi connectivity index (χ1n) is 8.79. The first kappa shape index (κ1) is 15.2. The van der Waals surface area contributed by atoms with Crippen molar-refractivity contribution in [1.29, 1.82) is 0 Å². The van der Waals surface area contributed by atoms with E-state index in [1.807, 2.05) is 28.5 Å². The lowest BCUT2D eigenvalue weighted by Gasteiger charge is -2.42. The number of piperidine rings is 1. The second-order valence-electron chi connectivity index (χ2n) is 7.21. The van der Waals surface area contributed by atoms with E-state index in [9.17, 15) is 9.90 Å². The molecule has 1 spiro atoms. The largest absolute Gasteiger partial charge is 0.392 e. The zero-order chi connectivity index (χ0) is 17.0. The summed E-state index contributed by atoms with van der Waals surface area (Å²) in [6, 6.07) is 12.3. The molecule has 1 amide bonds. The third-order valence-electron chi connectivity index (χ3n) is 6.02. The number of nitrogens with one attached hydrogen (secondary N) is 1. The Kier molecular flexibility index (Phi) is 3.30. The number of aliphatic hydroxyl groups excluding tert-OH is 1. The van der Waals surface area contributed by atoms with Crippen molar-refractivity contribution < 1.29 is 9.90 Å². The van der Waals surface area contributed by atoms with Crippen LogP contribution >= 0.6 is 11.3 Å². The maximum atomic E-state index is 12.8. The van der Waals surface area contributed by atoms with Crippen LogP contribution in [0.4, 0.5) is 0 Å². The molecule has 1 aromatic carbocycles. The predicted octanol–water partition coefficient (Wildman–Crippen LogP) is 3.32. The number of carbonyl (C=O) groups is 1. The average Bonchev–Trinajstić information content (AvgIpc) is 3.29. The lowest BCUT2D eigenvalue weighted by Crippen LogP contribution is -2.49. The molecule has 25 heavy (non-hydrogen) atoms. The van der Waals surface area contributed by atoms with Crippen molar-refractivity contribution in [2.45, 2.75) is 30.8 Å². The first-order chi connectivity index (χ1) is 12.2. The van der Waals surface area contributed by atoms with Gasteiger partial charge in [-0.25, -0.2) is 0 Å². The number of nitrogens with zero attached hydrogens (tertiary/aromatic N) is 1. The highest BCUT2D eigenvalue weighted by Crippen LogP contribution is 2.46. The van der Waals surface area contributed by atoms with Gasteiger partial charge in [0.15, 0.2) is 0 Å². The van der Waals surface area contributed by atoms with Crippen LogP contribution in [0.1, 0.15) is 34.5 Å². The van der Waals surface area contributed by atoms with Gasteiger partial charge in [0.1, 0.15) is 5.69 Å². The van der Waals surface area contributed by atoms with Crippen LogP contribution in [0.5, 0.6) is 0 Å². The topological polar surface area (TPSA) is 56.3 Å². The van der Waals surface area contributed by atoms with Crippen molar-refractivity contribution in [3.8, 4) is 0 Å². The number of benzene rings is 1. The number of rotatable bonds is 1. The van der Waals surface area contributed by atoms with Crippen LogP contribution < -0.4 is 0 Å². The number of thiophene rings is 1. The molecule has 0 bridgehead atoms. The molecule has 0 radical (unpaired) electrons. The number of H-pyrrole nitrogens is 1. The highest BCUT2D eigenvalue weighted by atomic mass is 32.1. The van der Waals surface area contributed by atoms with E-state index in [-0.39, 0.29) is 17.4 Å². The molecule has 5 rings (SSSR count). The molecule has 2 N–H and O–H groups in total. The number of hydrogen-bond donors (Lipinski definition) is 2. The molecule has 2 aliphatic rings. The van der Waals surface area contributed by atoms with Crippen molar-refractivity contribution in [2.24, 2.45) is 0 Å². The molecule has 2 aromatic heterocycles. The summed E-state index contributed by atoms with van der Waals surface area (Å²) < 4.78 is 1.12. The third-order valence-corrected chi connectivity index (χ3v) is 6.88. The molecule has 4 nitrogen and oxygen atoms in total. The van der Waals surface area contributed by atoms with Crippen LogP contribution in [-0.2, 0) is 11.8 Å². The Morgan fingerprint density at radius 1 is 1.24 bits per heavy atom. The molecule has 3 heterocycles. The number of hydrogen-bond acceptors (Lipinski definition) is 3. The van der Waals surface area contributed by atoms with Crippen molar-refractivity contribution in [3.05, 3.63) is 58.6 Å². The monoisotopic (exact) mass is 352 g/mol. The summed E-state index contributed by atoms with van der Waals surface area (Å²) in [5.74, 6) is 0.0685. The van der Waals surface area contributed by atoms with E-state index in [1.54, 1.807) is 11.3 Å². The van der Waals surface area contributed by atoms with Crippen LogP contribution in [0.15, 0.2) is 41.8 Å². The number of aromatic amines is 1. The van der Waals surface area contributed by atoms with Gasteiger partial charge in [0.05, 0.1) is 16.3 Å². The van der Waals surface area contributed by atoms with Crippen LogP contribution in [0.25, 0.3) is 10.2 Å². The molecular formula is C20H20N2O2S. The number of fused-ring (bicyclic) bond motifs is 3. The second-order valence-corrected chi connectivity index (χ2v) is 8.15. The molecule has 0 saturated carbocycles. The van der Waals surface area contributed by atoms with E-state index < -0.39 is 0 Å². The Balaban J connectivity index is 1.38. The summed E-state index contributed by atoms with van der Waals surface area (Å²) in [5, 5.41) is 12.8. The number of likely N-dealkylation sites (tertiary alicyclic amines) is 1. The normalized spacial score (nSPS) is 21.8. The summed E-state index contributed by atoms with van der Waals surface area (Å²) in [6.07, 6.45) is 2.05. The quantitative estimate of drug-likeness (QED) is 0.706. The highest BCUT2D eigenvalue weighted by molar-refractivity contribution is 7.17. The van der Waals surface area contributed by atoms with E-state index >= 15 is 0 Å². The Labute approximate surface area is 150 Å². The van der Waals surface area contributed by atoms with E-state index in [0.717, 1.165) is 29.5 Å². The molecule has 1 aliphatic carbocycles. The van der Waals surface area contributed by atoms with Gasteiger partial charge in [0.25, 0.3) is 5.91 Å². The van der Waals surface area contributed by atoms with E-state index in [4.69, 9.17) is 0 Å². The predicted molar refractivity (Wildman–Crippen MR) is 99.1 cm³/mol. The average molecular weight is 352 g/mol. The Hall–Kier alpha value is -2.11. The first-order valence-corrected chi connectivity index (χ1v) is 9.67. The zero-order valence-corrected chi connectivity index (χ0v) is 14.7. The number of carbonyl (C=O) groups excluding carboxylic acids is 1. The minimum absolute atomic E-state index is 0.0685. The van der Waals surface area contributed by atoms with Gasteiger partial charge in [-0.05, 0) is 47.9 Å². The smallest absolute Gasteiger partial charge is 0.270 e. The Morgan fingerprint density at radius 2 is 2.04 bits per heavy atom. The molecule has 1 aliphatic heterocycles. The lowest BCUT2D eigenvalue weighted by atomic mass is 9.72. The fourth-order valence-corrected chi connectivity index (χ4v) is 5.40. The number of aromatic nitrogens is 1. The van der Waals surface area contributed by atoms with Crippen molar-refractivity contribution in [2.75, 3.05) is 13.1 Å². The van der Waals surface area contributed by atoms with Gasteiger partial charge in [0.2, 0.25) is 0 Å². The molecule has 1 atom stereocenters. The molecule has 1 saturated heterocycles. The van der Waals surface area contributed by atoms with E-state index in [1.165, 1.54) is 11.1 Å². The van der Waals surface area contributed by atoms with Crippen LogP contribution in [0, 0.1) is 0 Å². The van der Waals surface area contributed by atoms with Gasteiger partial charge in [-0.2, -0.15) is 0 Å². The minimum Gasteiger partial charge on any atom is -0.392 e. The molecule has 1 fully saturated rings. The number of amides is 1. The van der Waals surface area contributed by atoms with Crippen molar-refractivity contribution in [1.82, 2.24) is 9.88 Å². The summed E-state index contributed by atoms with van der Waals surface area (Å²) in [4.78, 5) is 18.0. The van der Waals surface area contributed by atoms with Crippen LogP contribution in [-0.4, -0.2) is 40.1 Å². The summed E-state index contributed by atoms with van der Waals surface area (Å²) in [6.45, 7) is 1.38. The van der Waals surface area contributed by atoms with E-state index in [0.29, 0.717) is 18.8 Å². The van der Waals surface area contributed by atoms with Crippen molar-refractivity contribution in [3.63, 3.8) is 0 Å². The second kappa shape index (κ2) is 5.44. The van der Waals surface area contributed by atoms with Crippen LogP contribution in [0.2, 0.25) is 0 Å². The highest BCUT2D eigenvalue weighted by Gasteiger charge is 2.48. The third kappa shape index (κ3) is 2.19. The lowest BCUT2D eigenvalue weighted by molar-refractivity contribution is 0.0363. The van der Waals surface area contributed by atoms with Gasteiger partial charge >= 0.3 is 0 Å². The maximum Gasteiger partial charge on any atom is 0.270 e. The number of aliphatic hydroxyl groups is 1. The summed E-state index contributed by atoms with van der Waals surface area (Å²) in [7, 11) is 0. The molecule has 3 aromatic rings. The van der Waals surface area contributed by atoms with Gasteiger partial charge in [-0.3, -0.25) is 4.79 Å². The fourth-order valence-electron chi connectivity index (χ4n) is 4.61. The van der Waals surface area contributed by atoms with Crippen LogP contribution in [0.3, 0.4) is 0 Å². The molecule has 128 valence electrons. The van der Waals surface area contributed by atoms with Crippen molar-refractivity contribution >= 4 is 27.5 Å². The molecule has 0 unspecified atom stereocenters. The van der Waals surface area contributed by atoms with E-state index in [2.05, 4.69) is 23.2 Å². The molecular weight excluding hydrogens is 332 g/mol. The van der Waals surface area contributed by atoms with Gasteiger partial charge in [-0.1, -0.05) is 24.3 Å². The maximum absolute atomic E-state index is 12.8.